The average Bonchev–Trinajstić information content (AvgIpc) is 2.99. The Morgan fingerprint density at radius 3 is 2.86 bits per heavy atom. The van der Waals surface area contributed by atoms with Crippen LogP contribution in [0.5, 0.6) is 5.75 Å². The van der Waals surface area contributed by atoms with Gasteiger partial charge in [-0.2, -0.15) is 0 Å². The Morgan fingerprint density at radius 1 is 1.38 bits per heavy atom. The van der Waals surface area contributed by atoms with E-state index in [2.05, 4.69) is 12.2 Å². The van der Waals surface area contributed by atoms with Crippen molar-refractivity contribution in [1.82, 2.24) is 5.32 Å². The summed E-state index contributed by atoms with van der Waals surface area (Å²) in [5, 5.41) is 3.19. The van der Waals surface area contributed by atoms with Crippen LogP contribution in [0.1, 0.15) is 44.6 Å². The van der Waals surface area contributed by atoms with Crippen molar-refractivity contribution >= 4 is 11.7 Å². The fraction of sp³-hybridized carbons (Fsp3) is 0.588. The van der Waals surface area contributed by atoms with E-state index in [9.17, 15) is 4.79 Å². The van der Waals surface area contributed by atoms with Crippen molar-refractivity contribution in [1.29, 1.82) is 0 Å². The number of rotatable bonds is 2. The predicted molar refractivity (Wildman–Crippen MR) is 84.0 cm³/mol. The highest BCUT2D eigenvalue weighted by atomic mass is 16.5. The minimum absolute atomic E-state index is 0.0236. The van der Waals surface area contributed by atoms with E-state index in [-0.39, 0.29) is 12.1 Å². The Kier molecular flexibility index (Phi) is 4.04. The molecular formula is C17H24N2O2. The molecule has 3 rings (SSSR count). The largest absolute Gasteiger partial charge is 0.486 e. The fourth-order valence-electron chi connectivity index (χ4n) is 3.18. The van der Waals surface area contributed by atoms with Crippen LogP contribution in [0, 0.1) is 6.92 Å². The molecule has 0 saturated heterocycles. The zero-order chi connectivity index (χ0) is 14.8. The molecule has 0 radical (unpaired) electrons. The second-order valence-corrected chi connectivity index (χ2v) is 6.16. The van der Waals surface area contributed by atoms with Gasteiger partial charge >= 0.3 is 6.03 Å². The summed E-state index contributed by atoms with van der Waals surface area (Å²) in [6.45, 7) is 4.77. The molecule has 1 heterocycles. The van der Waals surface area contributed by atoms with Crippen molar-refractivity contribution in [3.8, 4) is 5.75 Å². The van der Waals surface area contributed by atoms with Crippen LogP contribution in [0.3, 0.4) is 0 Å². The summed E-state index contributed by atoms with van der Waals surface area (Å²) >= 11 is 0. The van der Waals surface area contributed by atoms with Gasteiger partial charge in [0, 0.05) is 6.04 Å². The van der Waals surface area contributed by atoms with E-state index in [1.165, 1.54) is 12.8 Å². The number of hydrogen-bond donors (Lipinski definition) is 1. The molecule has 1 aliphatic heterocycles. The van der Waals surface area contributed by atoms with Crippen molar-refractivity contribution in [3.05, 3.63) is 23.8 Å². The zero-order valence-corrected chi connectivity index (χ0v) is 12.9. The van der Waals surface area contributed by atoms with E-state index >= 15 is 0 Å². The van der Waals surface area contributed by atoms with E-state index in [1.807, 2.05) is 30.0 Å². The van der Waals surface area contributed by atoms with Crippen LogP contribution in [-0.2, 0) is 0 Å². The van der Waals surface area contributed by atoms with E-state index < -0.39 is 0 Å². The number of fused-ring (bicyclic) bond motifs is 1. The number of nitrogens with one attached hydrogen (secondary N) is 1. The van der Waals surface area contributed by atoms with Crippen molar-refractivity contribution in [2.75, 3.05) is 11.4 Å². The van der Waals surface area contributed by atoms with Gasteiger partial charge in [0.1, 0.15) is 11.9 Å². The number of amides is 2. The minimum Gasteiger partial charge on any atom is -0.486 e. The van der Waals surface area contributed by atoms with Gasteiger partial charge < -0.3 is 10.1 Å². The monoisotopic (exact) mass is 288 g/mol. The van der Waals surface area contributed by atoms with Gasteiger partial charge in [-0.3, -0.25) is 4.90 Å². The summed E-state index contributed by atoms with van der Waals surface area (Å²) in [7, 11) is 0. The molecule has 114 valence electrons. The maximum Gasteiger partial charge on any atom is 0.322 e. The lowest BCUT2D eigenvalue weighted by Crippen LogP contribution is -2.50. The van der Waals surface area contributed by atoms with E-state index in [0.717, 1.165) is 36.3 Å². The van der Waals surface area contributed by atoms with Crippen molar-refractivity contribution in [3.63, 3.8) is 0 Å². The van der Waals surface area contributed by atoms with Crippen molar-refractivity contribution < 1.29 is 9.53 Å². The molecule has 1 aliphatic carbocycles. The lowest BCUT2D eigenvalue weighted by Gasteiger charge is -2.35. The Bertz CT molecular complexity index is 524. The highest BCUT2D eigenvalue weighted by Crippen LogP contribution is 2.35. The molecule has 0 aromatic heterocycles. The first kappa shape index (κ1) is 14.2. The molecule has 1 aromatic carbocycles. The highest BCUT2D eigenvalue weighted by molar-refractivity contribution is 5.94. The van der Waals surface area contributed by atoms with Crippen LogP contribution >= 0.6 is 0 Å². The van der Waals surface area contributed by atoms with Crippen molar-refractivity contribution in [2.24, 2.45) is 0 Å². The van der Waals surface area contributed by atoms with E-state index in [0.29, 0.717) is 12.6 Å². The predicted octanol–water partition coefficient (Wildman–Crippen LogP) is 3.62. The first-order valence-corrected chi connectivity index (χ1v) is 8.02. The molecule has 2 aliphatic rings. The summed E-state index contributed by atoms with van der Waals surface area (Å²) in [6, 6.07) is 6.41. The first-order chi connectivity index (χ1) is 10.2. The summed E-state index contributed by atoms with van der Waals surface area (Å²) in [4.78, 5) is 14.5. The number of carbonyl (C=O) groups is 1. The van der Waals surface area contributed by atoms with Gasteiger partial charge in [0.2, 0.25) is 0 Å². The number of benzene rings is 1. The molecule has 1 unspecified atom stereocenters. The smallest absolute Gasteiger partial charge is 0.322 e. The number of aryl methyl sites for hydroxylation is 1. The summed E-state index contributed by atoms with van der Waals surface area (Å²) in [5.41, 5.74) is 2.04. The standard InChI is InChI=1S/C17H24N2O2/c1-3-14-11-19(17(20)18-13-6-4-5-7-13)15-10-12(2)8-9-16(15)21-14/h8-10,13-14H,3-7,11H2,1-2H3,(H,18,20). The number of urea groups is 1. The fourth-order valence-corrected chi connectivity index (χ4v) is 3.18. The summed E-state index contributed by atoms with van der Waals surface area (Å²) < 4.78 is 5.96. The van der Waals surface area contributed by atoms with Crippen LogP contribution in [-0.4, -0.2) is 24.7 Å². The molecular weight excluding hydrogens is 264 g/mol. The molecule has 1 fully saturated rings. The van der Waals surface area contributed by atoms with E-state index in [4.69, 9.17) is 4.74 Å². The molecule has 1 saturated carbocycles. The normalized spacial score (nSPS) is 21.8. The molecule has 1 atom stereocenters. The number of anilines is 1. The lowest BCUT2D eigenvalue weighted by atomic mass is 10.1. The van der Waals surface area contributed by atoms with Crippen LogP contribution in [0.25, 0.3) is 0 Å². The quantitative estimate of drug-likeness (QED) is 0.903. The Balaban J connectivity index is 1.82. The Morgan fingerprint density at radius 2 is 2.14 bits per heavy atom. The molecule has 1 N–H and O–H groups in total. The van der Waals surface area contributed by atoms with Crippen LogP contribution in [0.2, 0.25) is 0 Å². The molecule has 2 amide bonds. The SMILES string of the molecule is CCC1CN(C(=O)NC2CCCC2)c2cc(C)ccc2O1. The summed E-state index contributed by atoms with van der Waals surface area (Å²) in [5.74, 6) is 0.820. The maximum absolute atomic E-state index is 12.6. The van der Waals surface area contributed by atoms with Gasteiger partial charge in [-0.1, -0.05) is 25.8 Å². The second kappa shape index (κ2) is 5.96. The molecule has 1 aromatic rings. The molecule has 0 bridgehead atoms. The van der Waals surface area contributed by atoms with Crippen LogP contribution < -0.4 is 15.0 Å². The number of carbonyl (C=O) groups excluding carboxylic acids is 1. The Hall–Kier alpha value is -1.71. The van der Waals surface area contributed by atoms with Crippen LogP contribution in [0.15, 0.2) is 18.2 Å². The van der Waals surface area contributed by atoms with Gasteiger partial charge in [-0.25, -0.2) is 4.79 Å². The number of ether oxygens (including phenoxy) is 1. The Labute approximate surface area is 126 Å². The second-order valence-electron chi connectivity index (χ2n) is 6.16. The number of hydrogen-bond acceptors (Lipinski definition) is 2. The molecule has 4 nitrogen and oxygen atoms in total. The molecule has 4 heteroatoms. The van der Waals surface area contributed by atoms with Crippen LogP contribution in [0.4, 0.5) is 10.5 Å². The topological polar surface area (TPSA) is 41.6 Å². The highest BCUT2D eigenvalue weighted by Gasteiger charge is 2.30. The van der Waals surface area contributed by atoms with Gasteiger partial charge in [0.15, 0.2) is 0 Å². The number of nitrogens with zero attached hydrogens (tertiary/aromatic N) is 1. The first-order valence-electron chi connectivity index (χ1n) is 8.02. The van der Waals surface area contributed by atoms with Gasteiger partial charge in [-0.15, -0.1) is 0 Å². The van der Waals surface area contributed by atoms with Crippen molar-refractivity contribution in [2.45, 2.75) is 58.1 Å². The lowest BCUT2D eigenvalue weighted by molar-refractivity contribution is 0.185. The third-order valence-electron chi connectivity index (χ3n) is 4.47. The van der Waals surface area contributed by atoms with Gasteiger partial charge in [-0.05, 0) is 43.9 Å². The zero-order valence-electron chi connectivity index (χ0n) is 12.9. The minimum atomic E-state index is 0.0236. The average molecular weight is 288 g/mol. The maximum atomic E-state index is 12.6. The van der Waals surface area contributed by atoms with E-state index in [1.54, 1.807) is 0 Å². The van der Waals surface area contributed by atoms with Gasteiger partial charge in [0.05, 0.1) is 12.2 Å². The third kappa shape index (κ3) is 2.99. The molecule has 21 heavy (non-hydrogen) atoms. The van der Waals surface area contributed by atoms with Gasteiger partial charge in [0.25, 0.3) is 0 Å². The third-order valence-corrected chi connectivity index (χ3v) is 4.47. The molecule has 0 spiro atoms. The summed E-state index contributed by atoms with van der Waals surface area (Å²) in [6.07, 6.45) is 5.64.